The van der Waals surface area contributed by atoms with E-state index in [4.69, 9.17) is 22.1 Å². The van der Waals surface area contributed by atoms with E-state index in [1.54, 1.807) is 17.0 Å². The highest BCUT2D eigenvalue weighted by Gasteiger charge is 2.38. The monoisotopic (exact) mass is 583 g/mol. The van der Waals surface area contributed by atoms with Crippen LogP contribution < -0.4 is 16.4 Å². The lowest BCUT2D eigenvalue weighted by Crippen LogP contribution is -2.54. The number of halogens is 1. The number of amides is 4. The molecular formula is C30H38ClN5O5. The molecule has 2 aliphatic heterocycles. The molecule has 0 spiro atoms. The summed E-state index contributed by atoms with van der Waals surface area (Å²) < 4.78 is 5.33. The third-order valence-corrected chi connectivity index (χ3v) is 7.77. The predicted molar refractivity (Wildman–Crippen MR) is 155 cm³/mol. The third-order valence-electron chi connectivity index (χ3n) is 7.53. The predicted octanol–water partition coefficient (Wildman–Crippen LogP) is 1.77. The van der Waals surface area contributed by atoms with Gasteiger partial charge in [0, 0.05) is 44.2 Å². The van der Waals surface area contributed by atoms with E-state index in [0.29, 0.717) is 57.3 Å². The number of carbonyl (C=O) groups is 4. The van der Waals surface area contributed by atoms with Crippen LogP contribution in [0.5, 0.6) is 0 Å². The third kappa shape index (κ3) is 8.51. The molecule has 10 nitrogen and oxygen atoms in total. The van der Waals surface area contributed by atoms with E-state index in [1.165, 1.54) is 4.90 Å². The van der Waals surface area contributed by atoms with Crippen molar-refractivity contribution in [1.29, 1.82) is 0 Å². The first-order valence-electron chi connectivity index (χ1n) is 14.1. The van der Waals surface area contributed by atoms with E-state index < -0.39 is 12.1 Å². The molecule has 2 heterocycles. The van der Waals surface area contributed by atoms with Crippen molar-refractivity contribution in [2.45, 2.75) is 57.3 Å². The van der Waals surface area contributed by atoms with Gasteiger partial charge in [0.1, 0.15) is 12.1 Å². The summed E-state index contributed by atoms with van der Waals surface area (Å²) in [5, 5.41) is 6.33. The summed E-state index contributed by atoms with van der Waals surface area (Å²) in [6.45, 7) is 2.91. The number of likely N-dealkylation sites (tertiary alicyclic amines) is 1. The summed E-state index contributed by atoms with van der Waals surface area (Å²) in [5.74, 6) is -1.04. The number of carbonyl (C=O) groups excluding carboxylic acids is 4. The van der Waals surface area contributed by atoms with Crippen LogP contribution in [0.3, 0.4) is 0 Å². The van der Waals surface area contributed by atoms with Gasteiger partial charge in [-0.3, -0.25) is 19.2 Å². The lowest BCUT2D eigenvalue weighted by Gasteiger charge is -2.30. The molecule has 0 saturated carbocycles. The number of morpholine rings is 1. The summed E-state index contributed by atoms with van der Waals surface area (Å²) >= 11 is 6.14. The first-order chi connectivity index (χ1) is 19.9. The molecular weight excluding hydrogens is 546 g/mol. The van der Waals surface area contributed by atoms with Crippen LogP contribution in [-0.4, -0.2) is 78.4 Å². The summed E-state index contributed by atoms with van der Waals surface area (Å²) in [4.78, 5) is 56.1. The fraction of sp³-hybridized carbons (Fsp3) is 0.467. The average Bonchev–Trinajstić information content (AvgIpc) is 3.49. The fourth-order valence-electron chi connectivity index (χ4n) is 5.28. The van der Waals surface area contributed by atoms with Crippen molar-refractivity contribution in [3.8, 4) is 0 Å². The largest absolute Gasteiger partial charge is 0.378 e. The Morgan fingerprint density at radius 3 is 2.51 bits per heavy atom. The number of rotatable bonds is 11. The van der Waals surface area contributed by atoms with E-state index in [2.05, 4.69) is 10.6 Å². The second kappa shape index (κ2) is 15.0. The summed E-state index contributed by atoms with van der Waals surface area (Å²) in [7, 11) is 0. The molecule has 0 radical (unpaired) electrons. The van der Waals surface area contributed by atoms with Gasteiger partial charge in [-0.05, 0) is 48.1 Å². The van der Waals surface area contributed by atoms with Crippen LogP contribution in [0.15, 0.2) is 48.5 Å². The molecule has 0 aromatic heterocycles. The van der Waals surface area contributed by atoms with Gasteiger partial charge in [-0.2, -0.15) is 0 Å². The molecule has 0 unspecified atom stereocenters. The Morgan fingerprint density at radius 2 is 1.78 bits per heavy atom. The summed E-state index contributed by atoms with van der Waals surface area (Å²) in [6.07, 6.45) is 1.52. The molecule has 2 aliphatic rings. The first kappa shape index (κ1) is 30.5. The number of benzene rings is 2. The van der Waals surface area contributed by atoms with Crippen LogP contribution in [0.25, 0.3) is 0 Å². The lowest BCUT2D eigenvalue weighted by molar-refractivity contribution is -0.142. The molecule has 41 heavy (non-hydrogen) atoms. The van der Waals surface area contributed by atoms with Gasteiger partial charge in [-0.25, -0.2) is 0 Å². The van der Waals surface area contributed by atoms with E-state index in [-0.39, 0.29) is 49.4 Å². The van der Waals surface area contributed by atoms with Crippen LogP contribution in [0.4, 0.5) is 0 Å². The number of hydrogen-bond acceptors (Lipinski definition) is 6. The molecule has 2 aromatic carbocycles. The Morgan fingerprint density at radius 1 is 1.02 bits per heavy atom. The van der Waals surface area contributed by atoms with Crippen LogP contribution in [-0.2, 0) is 43.4 Å². The second-order valence-corrected chi connectivity index (χ2v) is 10.8. The molecule has 2 aromatic rings. The van der Waals surface area contributed by atoms with E-state index in [1.807, 2.05) is 36.4 Å². The molecule has 4 amide bonds. The van der Waals surface area contributed by atoms with Crippen molar-refractivity contribution < 1.29 is 23.9 Å². The maximum absolute atomic E-state index is 13.8. The van der Waals surface area contributed by atoms with Gasteiger partial charge in [-0.1, -0.05) is 48.0 Å². The number of nitrogens with two attached hydrogens (primary N) is 1. The molecule has 4 N–H and O–H groups in total. The molecule has 2 atom stereocenters. The van der Waals surface area contributed by atoms with Crippen molar-refractivity contribution in [2.24, 2.45) is 5.73 Å². The van der Waals surface area contributed by atoms with Crippen molar-refractivity contribution in [2.75, 3.05) is 32.8 Å². The Kier molecular flexibility index (Phi) is 11.1. The zero-order valence-corrected chi connectivity index (χ0v) is 23.9. The quantitative estimate of drug-likeness (QED) is 0.369. The number of hydrogen-bond donors (Lipinski definition) is 3. The molecule has 11 heteroatoms. The van der Waals surface area contributed by atoms with E-state index in [0.717, 1.165) is 16.7 Å². The minimum atomic E-state index is -0.929. The Hall–Kier alpha value is -3.47. The van der Waals surface area contributed by atoms with Gasteiger partial charge < -0.3 is 30.9 Å². The van der Waals surface area contributed by atoms with Gasteiger partial charge in [0.25, 0.3) is 0 Å². The van der Waals surface area contributed by atoms with Crippen LogP contribution in [0.1, 0.15) is 42.4 Å². The van der Waals surface area contributed by atoms with E-state index >= 15 is 0 Å². The normalized spacial score (nSPS) is 17.7. The SMILES string of the molecule is NCc1ccc(Cl)cc1CNC(=O)[C@@H]1CCCN1C(=O)[C@@H](CCC(=O)N1CCOCC1)NC(=O)Cc1ccccc1. The van der Waals surface area contributed by atoms with Gasteiger partial charge in [-0.15, -0.1) is 0 Å². The van der Waals surface area contributed by atoms with Crippen LogP contribution in [0, 0.1) is 0 Å². The first-order valence-corrected chi connectivity index (χ1v) is 14.5. The maximum Gasteiger partial charge on any atom is 0.245 e. The van der Waals surface area contributed by atoms with Crippen LogP contribution >= 0.6 is 11.6 Å². The highest BCUT2D eigenvalue weighted by molar-refractivity contribution is 6.30. The second-order valence-electron chi connectivity index (χ2n) is 10.3. The van der Waals surface area contributed by atoms with Gasteiger partial charge in [0.2, 0.25) is 23.6 Å². The summed E-state index contributed by atoms with van der Waals surface area (Å²) in [6, 6.07) is 13.0. The number of ether oxygens (including phenoxy) is 1. The standard InChI is InChI=1S/C30H38ClN5O5/c31-24-9-8-22(19-32)23(18-24)20-33-29(39)26-7-4-12-36(26)30(40)25(10-11-28(38)35-13-15-41-16-14-35)34-27(37)17-21-5-2-1-3-6-21/h1-3,5-6,8-9,18,25-26H,4,7,10-17,19-20,32H2,(H,33,39)(H,34,37)/t25-,26+/m1/s1. The van der Waals surface area contributed by atoms with Crippen molar-refractivity contribution in [3.05, 3.63) is 70.2 Å². The zero-order valence-electron chi connectivity index (χ0n) is 23.1. The molecule has 0 bridgehead atoms. The summed E-state index contributed by atoms with van der Waals surface area (Å²) in [5.41, 5.74) is 8.34. The van der Waals surface area contributed by atoms with Crippen LogP contribution in [0.2, 0.25) is 5.02 Å². The molecule has 2 fully saturated rings. The lowest BCUT2D eigenvalue weighted by atomic mass is 10.1. The van der Waals surface area contributed by atoms with Gasteiger partial charge in [0.15, 0.2) is 0 Å². The minimum absolute atomic E-state index is 0.0867. The highest BCUT2D eigenvalue weighted by atomic mass is 35.5. The Bertz CT molecular complexity index is 1220. The smallest absolute Gasteiger partial charge is 0.245 e. The zero-order chi connectivity index (χ0) is 29.2. The minimum Gasteiger partial charge on any atom is -0.378 e. The Balaban J connectivity index is 1.43. The highest BCUT2D eigenvalue weighted by Crippen LogP contribution is 2.21. The molecule has 0 aliphatic carbocycles. The van der Waals surface area contributed by atoms with Crippen molar-refractivity contribution in [3.63, 3.8) is 0 Å². The Labute approximate surface area is 245 Å². The number of nitrogens with zero attached hydrogens (tertiary/aromatic N) is 2. The van der Waals surface area contributed by atoms with Crippen molar-refractivity contribution >= 4 is 35.2 Å². The number of nitrogens with one attached hydrogen (secondary N) is 2. The molecule has 4 rings (SSSR count). The molecule has 220 valence electrons. The average molecular weight is 584 g/mol. The topological polar surface area (TPSA) is 134 Å². The fourth-order valence-corrected chi connectivity index (χ4v) is 5.48. The molecule has 2 saturated heterocycles. The van der Waals surface area contributed by atoms with Crippen molar-refractivity contribution in [1.82, 2.24) is 20.4 Å². The van der Waals surface area contributed by atoms with E-state index in [9.17, 15) is 19.2 Å². The van der Waals surface area contributed by atoms with Gasteiger partial charge in [0.05, 0.1) is 19.6 Å². The van der Waals surface area contributed by atoms with Gasteiger partial charge >= 0.3 is 0 Å². The maximum atomic E-state index is 13.8.